The van der Waals surface area contributed by atoms with Crippen molar-refractivity contribution in [3.63, 3.8) is 0 Å². The molecule has 1 atom stereocenters. The third-order valence-electron chi connectivity index (χ3n) is 4.34. The molecule has 2 aromatic heterocycles. The summed E-state index contributed by atoms with van der Waals surface area (Å²) in [4.78, 5) is 34.5. The number of imidazole rings is 1. The molecule has 0 radical (unpaired) electrons. The zero-order chi connectivity index (χ0) is 17.8. The molecule has 0 spiro atoms. The maximum absolute atomic E-state index is 12.3. The third kappa shape index (κ3) is 3.57. The number of fused-ring (bicyclic) bond motifs is 1. The minimum absolute atomic E-state index is 0.108. The SMILES string of the molecule is CCOC(=O)CNC(=O)N1CC[C@H](n2c(CC)nc3cccnc32)C1. The molecule has 3 rings (SSSR count). The summed E-state index contributed by atoms with van der Waals surface area (Å²) in [5, 5.41) is 2.61. The number of aryl methyl sites for hydroxylation is 1. The van der Waals surface area contributed by atoms with Gasteiger partial charge in [0, 0.05) is 25.7 Å². The van der Waals surface area contributed by atoms with E-state index < -0.39 is 5.97 Å². The Hall–Kier alpha value is -2.64. The molecule has 8 heteroatoms. The lowest BCUT2D eigenvalue weighted by atomic mass is 10.2. The molecule has 0 bridgehead atoms. The maximum Gasteiger partial charge on any atom is 0.325 e. The van der Waals surface area contributed by atoms with Crippen molar-refractivity contribution in [2.45, 2.75) is 32.7 Å². The van der Waals surface area contributed by atoms with Crippen LogP contribution >= 0.6 is 0 Å². The maximum atomic E-state index is 12.3. The molecule has 1 N–H and O–H groups in total. The highest BCUT2D eigenvalue weighted by molar-refractivity contribution is 5.81. The standard InChI is InChI=1S/C17H23N5O3/c1-3-14-20-13-6-5-8-18-16(13)22(14)12-7-9-21(11-12)17(24)19-10-15(23)25-4-2/h5-6,8,12H,3-4,7,9-11H2,1-2H3,(H,19,24)/t12-/m0/s1. The Morgan fingerprint density at radius 1 is 1.40 bits per heavy atom. The van der Waals surface area contributed by atoms with Gasteiger partial charge in [0.05, 0.1) is 12.6 Å². The van der Waals surface area contributed by atoms with E-state index in [-0.39, 0.29) is 18.6 Å². The first-order valence-corrected chi connectivity index (χ1v) is 8.64. The average molecular weight is 345 g/mol. The second kappa shape index (κ2) is 7.50. The zero-order valence-corrected chi connectivity index (χ0v) is 14.6. The van der Waals surface area contributed by atoms with Gasteiger partial charge >= 0.3 is 12.0 Å². The number of nitrogens with zero attached hydrogens (tertiary/aromatic N) is 4. The molecule has 1 aliphatic heterocycles. The smallest absolute Gasteiger partial charge is 0.325 e. The number of aromatic nitrogens is 3. The fraction of sp³-hybridized carbons (Fsp3) is 0.529. The first kappa shape index (κ1) is 17.2. The van der Waals surface area contributed by atoms with E-state index >= 15 is 0 Å². The number of carbonyl (C=O) groups is 2. The van der Waals surface area contributed by atoms with Crippen molar-refractivity contribution >= 4 is 23.2 Å². The number of esters is 1. The van der Waals surface area contributed by atoms with E-state index in [1.165, 1.54) is 0 Å². The van der Waals surface area contributed by atoms with Gasteiger partial charge in [0.15, 0.2) is 5.65 Å². The van der Waals surface area contributed by atoms with E-state index in [0.29, 0.717) is 19.7 Å². The molecule has 2 amide bonds. The Kier molecular flexibility index (Phi) is 5.16. The number of rotatable bonds is 5. The summed E-state index contributed by atoms with van der Waals surface area (Å²) in [6.45, 7) is 5.21. The van der Waals surface area contributed by atoms with E-state index in [9.17, 15) is 9.59 Å². The van der Waals surface area contributed by atoms with Crippen LogP contribution in [0.4, 0.5) is 4.79 Å². The van der Waals surface area contributed by atoms with Crippen LogP contribution in [0.15, 0.2) is 18.3 Å². The molecule has 3 heterocycles. The van der Waals surface area contributed by atoms with Crippen molar-refractivity contribution in [3.05, 3.63) is 24.2 Å². The van der Waals surface area contributed by atoms with Crippen LogP contribution in [0.1, 0.15) is 32.1 Å². The molecule has 1 aliphatic rings. The fourth-order valence-electron chi connectivity index (χ4n) is 3.22. The van der Waals surface area contributed by atoms with Gasteiger partial charge in [-0.1, -0.05) is 6.92 Å². The molecule has 0 saturated carbocycles. The predicted molar refractivity (Wildman–Crippen MR) is 92.2 cm³/mol. The van der Waals surface area contributed by atoms with Gasteiger partial charge < -0.3 is 19.5 Å². The van der Waals surface area contributed by atoms with E-state index in [4.69, 9.17) is 4.74 Å². The van der Waals surface area contributed by atoms with Crippen LogP contribution < -0.4 is 5.32 Å². The molecule has 2 aromatic rings. The van der Waals surface area contributed by atoms with Crippen LogP contribution in [0, 0.1) is 0 Å². The minimum atomic E-state index is -0.426. The lowest BCUT2D eigenvalue weighted by Crippen LogP contribution is -2.41. The van der Waals surface area contributed by atoms with Crippen molar-refractivity contribution in [3.8, 4) is 0 Å². The first-order valence-electron chi connectivity index (χ1n) is 8.64. The molecular formula is C17H23N5O3. The largest absolute Gasteiger partial charge is 0.465 e. The Labute approximate surface area is 146 Å². The molecule has 0 aromatic carbocycles. The third-order valence-corrected chi connectivity index (χ3v) is 4.34. The molecular weight excluding hydrogens is 322 g/mol. The zero-order valence-electron chi connectivity index (χ0n) is 14.6. The van der Waals surface area contributed by atoms with Crippen LogP contribution in [0.5, 0.6) is 0 Å². The molecule has 134 valence electrons. The van der Waals surface area contributed by atoms with Crippen LogP contribution in [-0.4, -0.2) is 57.7 Å². The number of nitrogens with one attached hydrogen (secondary N) is 1. The highest BCUT2D eigenvalue weighted by Gasteiger charge is 2.30. The van der Waals surface area contributed by atoms with Crippen LogP contribution in [0.25, 0.3) is 11.2 Å². The van der Waals surface area contributed by atoms with Gasteiger partial charge in [0.2, 0.25) is 0 Å². The van der Waals surface area contributed by atoms with Crippen molar-refractivity contribution in [2.24, 2.45) is 0 Å². The number of hydrogen-bond acceptors (Lipinski definition) is 5. The van der Waals surface area contributed by atoms with Crippen molar-refractivity contribution in [2.75, 3.05) is 26.2 Å². The normalized spacial score (nSPS) is 17.0. The second-order valence-electron chi connectivity index (χ2n) is 5.95. The molecule has 0 unspecified atom stereocenters. The average Bonchev–Trinajstić information content (AvgIpc) is 3.23. The fourth-order valence-corrected chi connectivity index (χ4v) is 3.22. The van der Waals surface area contributed by atoms with Gasteiger partial charge in [0.1, 0.15) is 17.9 Å². The van der Waals surface area contributed by atoms with Crippen molar-refractivity contribution in [1.82, 2.24) is 24.8 Å². The van der Waals surface area contributed by atoms with E-state index in [0.717, 1.165) is 29.8 Å². The summed E-state index contributed by atoms with van der Waals surface area (Å²) in [5.41, 5.74) is 1.74. The van der Waals surface area contributed by atoms with Gasteiger partial charge in [-0.15, -0.1) is 0 Å². The quantitative estimate of drug-likeness (QED) is 0.830. The van der Waals surface area contributed by atoms with Crippen LogP contribution in [0.3, 0.4) is 0 Å². The van der Waals surface area contributed by atoms with Gasteiger partial charge in [-0.05, 0) is 25.5 Å². The summed E-state index contributed by atoms with van der Waals surface area (Å²) in [6.07, 6.45) is 3.41. The van der Waals surface area contributed by atoms with Crippen molar-refractivity contribution < 1.29 is 14.3 Å². The Morgan fingerprint density at radius 3 is 3.00 bits per heavy atom. The number of carbonyl (C=O) groups excluding carboxylic acids is 2. The minimum Gasteiger partial charge on any atom is -0.465 e. The van der Waals surface area contributed by atoms with E-state index in [1.807, 2.05) is 12.1 Å². The number of likely N-dealkylation sites (tertiary alicyclic amines) is 1. The van der Waals surface area contributed by atoms with Gasteiger partial charge in [-0.25, -0.2) is 14.8 Å². The second-order valence-corrected chi connectivity index (χ2v) is 5.95. The van der Waals surface area contributed by atoms with Crippen LogP contribution in [0.2, 0.25) is 0 Å². The predicted octanol–water partition coefficient (Wildman–Crippen LogP) is 1.51. The highest BCUT2D eigenvalue weighted by Crippen LogP contribution is 2.27. The number of ether oxygens (including phenoxy) is 1. The lowest BCUT2D eigenvalue weighted by molar-refractivity contribution is -0.141. The van der Waals surface area contributed by atoms with E-state index in [2.05, 4.69) is 26.8 Å². The molecule has 0 aliphatic carbocycles. The van der Waals surface area contributed by atoms with Crippen LogP contribution in [-0.2, 0) is 16.0 Å². The monoisotopic (exact) mass is 345 g/mol. The number of amides is 2. The summed E-state index contributed by atoms with van der Waals surface area (Å²) < 4.78 is 6.97. The molecule has 25 heavy (non-hydrogen) atoms. The first-order chi connectivity index (χ1) is 12.1. The number of urea groups is 1. The summed E-state index contributed by atoms with van der Waals surface area (Å²) in [6, 6.07) is 3.73. The number of pyridine rings is 1. The van der Waals surface area contributed by atoms with Gasteiger partial charge in [-0.2, -0.15) is 0 Å². The molecule has 1 fully saturated rings. The summed E-state index contributed by atoms with van der Waals surface area (Å²) in [7, 11) is 0. The van der Waals surface area contributed by atoms with Gasteiger partial charge in [0.25, 0.3) is 0 Å². The number of hydrogen-bond donors (Lipinski definition) is 1. The molecule has 1 saturated heterocycles. The Morgan fingerprint density at radius 2 is 2.24 bits per heavy atom. The summed E-state index contributed by atoms with van der Waals surface area (Å²) >= 11 is 0. The topological polar surface area (TPSA) is 89.4 Å². The molecule has 8 nitrogen and oxygen atoms in total. The van der Waals surface area contributed by atoms with E-state index in [1.54, 1.807) is 18.0 Å². The lowest BCUT2D eigenvalue weighted by Gasteiger charge is -2.18. The van der Waals surface area contributed by atoms with Crippen molar-refractivity contribution in [1.29, 1.82) is 0 Å². The Bertz CT molecular complexity index is 773. The Balaban J connectivity index is 1.69. The summed E-state index contributed by atoms with van der Waals surface area (Å²) in [5.74, 6) is 0.553. The van der Waals surface area contributed by atoms with Gasteiger partial charge in [-0.3, -0.25) is 4.79 Å². The highest BCUT2D eigenvalue weighted by atomic mass is 16.5.